The van der Waals surface area contributed by atoms with Crippen LogP contribution in [0, 0.1) is 5.41 Å². The molecule has 0 aliphatic carbocycles. The molecular weight excluding hydrogens is 151 g/mol. The molecule has 0 bridgehead atoms. The van der Waals surface area contributed by atoms with Gasteiger partial charge in [0.1, 0.15) is 5.67 Å². The van der Waals surface area contributed by atoms with E-state index in [1.807, 2.05) is 13.8 Å². The summed E-state index contributed by atoms with van der Waals surface area (Å²) in [5.74, 6) is 0. The molecule has 0 fully saturated rings. The van der Waals surface area contributed by atoms with Gasteiger partial charge in [0.2, 0.25) is 0 Å². The average Bonchev–Trinajstić information content (AvgIpc) is 2.00. The summed E-state index contributed by atoms with van der Waals surface area (Å²) in [4.78, 5) is 0. The zero-order valence-corrected chi connectivity index (χ0v) is 8.78. The first kappa shape index (κ1) is 11.7. The Morgan fingerprint density at radius 2 is 1.83 bits per heavy atom. The number of unbranched alkanes of at least 4 members (excludes halogenated alkanes) is 1. The normalized spacial score (nSPS) is 17.1. The summed E-state index contributed by atoms with van der Waals surface area (Å²) in [5.41, 5.74) is -1.53. The van der Waals surface area contributed by atoms with Crippen LogP contribution in [0.25, 0.3) is 0 Å². The molecule has 1 atom stereocenters. The lowest BCUT2D eigenvalue weighted by Gasteiger charge is -2.35. The van der Waals surface area contributed by atoms with Crippen molar-refractivity contribution in [3.05, 3.63) is 12.7 Å². The molecule has 0 aliphatic heterocycles. The second-order valence-corrected chi connectivity index (χ2v) is 4.27. The fourth-order valence-electron chi connectivity index (χ4n) is 1.14. The van der Waals surface area contributed by atoms with Crippen molar-refractivity contribution >= 4 is 0 Å². The lowest BCUT2D eigenvalue weighted by atomic mass is 9.74. The largest absolute Gasteiger partial charge is 0.239 e. The monoisotopic (exact) mass is 172 g/mol. The van der Waals surface area contributed by atoms with Crippen molar-refractivity contribution in [1.29, 1.82) is 0 Å². The summed E-state index contributed by atoms with van der Waals surface area (Å²) < 4.78 is 13.8. The Labute approximate surface area is 75.9 Å². The van der Waals surface area contributed by atoms with E-state index in [1.54, 1.807) is 6.92 Å². The first-order valence-corrected chi connectivity index (χ1v) is 4.70. The molecule has 0 amide bonds. The smallest absolute Gasteiger partial charge is 0.131 e. The third-order valence-electron chi connectivity index (χ3n) is 2.86. The van der Waals surface area contributed by atoms with Crippen molar-refractivity contribution in [3.63, 3.8) is 0 Å². The molecule has 0 aromatic heterocycles. The van der Waals surface area contributed by atoms with Gasteiger partial charge >= 0.3 is 0 Å². The van der Waals surface area contributed by atoms with Crippen LogP contribution in [0.3, 0.4) is 0 Å². The zero-order valence-electron chi connectivity index (χ0n) is 8.78. The van der Waals surface area contributed by atoms with Crippen molar-refractivity contribution in [2.75, 3.05) is 0 Å². The van der Waals surface area contributed by atoms with Gasteiger partial charge in [0.15, 0.2) is 0 Å². The van der Waals surface area contributed by atoms with Crippen LogP contribution < -0.4 is 0 Å². The van der Waals surface area contributed by atoms with Crippen LogP contribution in [0.2, 0.25) is 0 Å². The summed E-state index contributed by atoms with van der Waals surface area (Å²) in [5, 5.41) is 0. The van der Waals surface area contributed by atoms with E-state index in [9.17, 15) is 4.39 Å². The number of rotatable bonds is 5. The molecule has 0 aromatic carbocycles. The van der Waals surface area contributed by atoms with Crippen LogP contribution in [0.1, 0.15) is 47.0 Å². The minimum atomic E-state index is -1.25. The molecule has 0 saturated carbocycles. The Bertz CT molecular complexity index is 145. The Hall–Kier alpha value is -0.330. The van der Waals surface area contributed by atoms with Gasteiger partial charge in [-0.2, -0.15) is 0 Å². The summed E-state index contributed by atoms with van der Waals surface area (Å²) in [6, 6.07) is 0. The standard InChI is InChI=1S/C11H21F/c1-6-8-9-10(3,4)11(5,12)7-2/h7H,2,6,8-9H2,1,3-5H3. The van der Waals surface area contributed by atoms with Crippen molar-refractivity contribution in [1.82, 2.24) is 0 Å². The Morgan fingerprint density at radius 1 is 1.33 bits per heavy atom. The van der Waals surface area contributed by atoms with Gasteiger partial charge in [-0.15, -0.1) is 0 Å². The number of halogens is 1. The van der Waals surface area contributed by atoms with E-state index < -0.39 is 5.67 Å². The lowest BCUT2D eigenvalue weighted by Crippen LogP contribution is -2.35. The SMILES string of the molecule is C=CC(C)(F)C(C)(C)CCCC. The maximum Gasteiger partial charge on any atom is 0.131 e. The van der Waals surface area contributed by atoms with E-state index in [2.05, 4.69) is 13.5 Å². The van der Waals surface area contributed by atoms with Crippen molar-refractivity contribution in [3.8, 4) is 0 Å². The van der Waals surface area contributed by atoms with Gasteiger partial charge in [0.25, 0.3) is 0 Å². The van der Waals surface area contributed by atoms with Crippen molar-refractivity contribution < 1.29 is 4.39 Å². The molecule has 1 unspecified atom stereocenters. The van der Waals surface area contributed by atoms with E-state index in [0.717, 1.165) is 19.3 Å². The van der Waals surface area contributed by atoms with Crippen molar-refractivity contribution in [2.24, 2.45) is 5.41 Å². The highest BCUT2D eigenvalue weighted by Crippen LogP contribution is 2.39. The summed E-state index contributed by atoms with van der Waals surface area (Å²) in [7, 11) is 0. The van der Waals surface area contributed by atoms with Gasteiger partial charge in [-0.3, -0.25) is 0 Å². The van der Waals surface area contributed by atoms with Gasteiger partial charge in [-0.25, -0.2) is 4.39 Å². The number of hydrogen-bond acceptors (Lipinski definition) is 0. The highest BCUT2D eigenvalue weighted by Gasteiger charge is 2.37. The van der Waals surface area contributed by atoms with Crippen LogP contribution >= 0.6 is 0 Å². The average molecular weight is 172 g/mol. The molecule has 0 rings (SSSR count). The van der Waals surface area contributed by atoms with E-state index in [0.29, 0.717) is 0 Å². The predicted octanol–water partition coefficient (Wildman–Crippen LogP) is 4.12. The predicted molar refractivity (Wildman–Crippen MR) is 53.0 cm³/mol. The van der Waals surface area contributed by atoms with Gasteiger partial charge in [-0.05, 0) is 13.3 Å². The lowest BCUT2D eigenvalue weighted by molar-refractivity contribution is 0.0718. The molecule has 0 saturated heterocycles. The summed E-state index contributed by atoms with van der Waals surface area (Å²) in [6.45, 7) is 11.2. The molecule has 72 valence electrons. The van der Waals surface area contributed by atoms with E-state index in [1.165, 1.54) is 6.08 Å². The fourth-order valence-corrected chi connectivity index (χ4v) is 1.14. The highest BCUT2D eigenvalue weighted by molar-refractivity contribution is 5.02. The Morgan fingerprint density at radius 3 is 2.17 bits per heavy atom. The molecule has 0 aliphatic rings. The first-order valence-electron chi connectivity index (χ1n) is 4.70. The highest BCUT2D eigenvalue weighted by atomic mass is 19.1. The van der Waals surface area contributed by atoms with Crippen molar-refractivity contribution in [2.45, 2.75) is 52.6 Å². The summed E-state index contributed by atoms with van der Waals surface area (Å²) in [6.07, 6.45) is 4.54. The molecule has 0 aromatic rings. The minimum absolute atomic E-state index is 0.287. The van der Waals surface area contributed by atoms with Gasteiger partial charge in [0, 0.05) is 5.41 Å². The van der Waals surface area contributed by atoms with Gasteiger partial charge in [-0.1, -0.05) is 46.3 Å². The number of alkyl halides is 1. The molecule has 12 heavy (non-hydrogen) atoms. The van der Waals surface area contributed by atoms with Crippen LogP contribution in [0.5, 0.6) is 0 Å². The third kappa shape index (κ3) is 2.62. The molecule has 0 N–H and O–H groups in total. The Balaban J connectivity index is 4.27. The fraction of sp³-hybridized carbons (Fsp3) is 0.818. The minimum Gasteiger partial charge on any atom is -0.239 e. The van der Waals surface area contributed by atoms with E-state index >= 15 is 0 Å². The Kier molecular flexibility index (Phi) is 3.95. The molecule has 1 heteroatoms. The van der Waals surface area contributed by atoms with Crippen LogP contribution in [0.15, 0.2) is 12.7 Å². The molecule has 0 nitrogen and oxygen atoms in total. The van der Waals surface area contributed by atoms with Crippen LogP contribution in [0.4, 0.5) is 4.39 Å². The molecular formula is C11H21F. The zero-order chi connectivity index (χ0) is 9.83. The van der Waals surface area contributed by atoms with Gasteiger partial charge < -0.3 is 0 Å². The van der Waals surface area contributed by atoms with Crippen LogP contribution in [-0.4, -0.2) is 5.67 Å². The first-order chi connectivity index (χ1) is 5.37. The quantitative estimate of drug-likeness (QED) is 0.547. The molecule has 0 spiro atoms. The number of allylic oxidation sites excluding steroid dienone is 1. The second kappa shape index (κ2) is 4.06. The van der Waals surface area contributed by atoms with E-state index in [-0.39, 0.29) is 5.41 Å². The maximum atomic E-state index is 13.8. The van der Waals surface area contributed by atoms with Crippen LogP contribution in [-0.2, 0) is 0 Å². The molecule has 0 radical (unpaired) electrons. The second-order valence-electron chi connectivity index (χ2n) is 4.27. The van der Waals surface area contributed by atoms with E-state index in [4.69, 9.17) is 0 Å². The van der Waals surface area contributed by atoms with Gasteiger partial charge in [0.05, 0.1) is 0 Å². The maximum absolute atomic E-state index is 13.8. The molecule has 0 heterocycles. The summed E-state index contributed by atoms with van der Waals surface area (Å²) >= 11 is 0. The third-order valence-corrected chi connectivity index (χ3v) is 2.86. The topological polar surface area (TPSA) is 0 Å². The number of hydrogen-bond donors (Lipinski definition) is 0.